The molecule has 1 saturated heterocycles. The van der Waals surface area contributed by atoms with Gasteiger partial charge in [-0.25, -0.2) is 9.67 Å². The van der Waals surface area contributed by atoms with Crippen molar-refractivity contribution in [1.82, 2.24) is 19.7 Å². The third-order valence-corrected chi connectivity index (χ3v) is 2.48. The number of aryl methyl sites for hydroxylation is 1. The Morgan fingerprint density at radius 2 is 2.36 bits per heavy atom. The summed E-state index contributed by atoms with van der Waals surface area (Å²) in [6, 6.07) is 0.359. The largest absolute Gasteiger partial charge is 0.325 e. The lowest BCUT2D eigenvalue weighted by Gasteiger charge is -2.36. The van der Waals surface area contributed by atoms with Crippen molar-refractivity contribution in [3.05, 3.63) is 12.2 Å². The van der Waals surface area contributed by atoms with E-state index >= 15 is 0 Å². The van der Waals surface area contributed by atoms with Crippen molar-refractivity contribution in [3.63, 3.8) is 0 Å². The van der Waals surface area contributed by atoms with Crippen LogP contribution in [0.2, 0.25) is 0 Å². The average Bonchev–Trinajstić information content (AvgIpc) is 2.51. The molecule has 5 heteroatoms. The summed E-state index contributed by atoms with van der Waals surface area (Å²) >= 11 is 0. The smallest absolute Gasteiger partial charge is 0.141 e. The SMILES string of the molecule is CCCn1ncnc1CN1CC(N)C1. The topological polar surface area (TPSA) is 60.0 Å². The fraction of sp³-hybridized carbons (Fsp3) is 0.778. The Bertz CT molecular complexity index is 289. The molecule has 0 aliphatic carbocycles. The van der Waals surface area contributed by atoms with Gasteiger partial charge in [0.15, 0.2) is 0 Å². The number of rotatable bonds is 4. The van der Waals surface area contributed by atoms with Gasteiger partial charge in [0, 0.05) is 25.7 Å². The van der Waals surface area contributed by atoms with E-state index in [2.05, 4.69) is 21.9 Å². The summed E-state index contributed by atoms with van der Waals surface area (Å²) in [4.78, 5) is 6.54. The Labute approximate surface area is 83.9 Å². The molecule has 2 N–H and O–H groups in total. The summed E-state index contributed by atoms with van der Waals surface area (Å²) in [5.41, 5.74) is 5.71. The lowest BCUT2D eigenvalue weighted by molar-refractivity contribution is 0.136. The first-order valence-corrected chi connectivity index (χ1v) is 5.14. The van der Waals surface area contributed by atoms with Gasteiger partial charge >= 0.3 is 0 Å². The summed E-state index contributed by atoms with van der Waals surface area (Å²) in [5.74, 6) is 1.05. The van der Waals surface area contributed by atoms with E-state index in [1.54, 1.807) is 6.33 Å². The molecule has 0 amide bonds. The van der Waals surface area contributed by atoms with Crippen molar-refractivity contribution in [2.75, 3.05) is 13.1 Å². The Hall–Kier alpha value is -0.940. The molecule has 5 nitrogen and oxygen atoms in total. The first-order chi connectivity index (χ1) is 6.79. The molecule has 2 rings (SSSR count). The zero-order valence-corrected chi connectivity index (χ0v) is 8.56. The number of hydrogen-bond donors (Lipinski definition) is 1. The minimum Gasteiger partial charge on any atom is -0.325 e. The molecule has 2 heterocycles. The van der Waals surface area contributed by atoms with Gasteiger partial charge in [0.05, 0.1) is 6.54 Å². The van der Waals surface area contributed by atoms with E-state index in [-0.39, 0.29) is 0 Å². The summed E-state index contributed by atoms with van der Waals surface area (Å²) in [7, 11) is 0. The second kappa shape index (κ2) is 4.06. The monoisotopic (exact) mass is 195 g/mol. The highest BCUT2D eigenvalue weighted by Gasteiger charge is 2.24. The van der Waals surface area contributed by atoms with Crippen LogP contribution in [-0.2, 0) is 13.1 Å². The van der Waals surface area contributed by atoms with Crippen molar-refractivity contribution >= 4 is 0 Å². The fourth-order valence-electron chi connectivity index (χ4n) is 1.75. The van der Waals surface area contributed by atoms with Crippen LogP contribution < -0.4 is 5.73 Å². The molecule has 1 aromatic rings. The molecule has 1 aliphatic rings. The number of hydrogen-bond acceptors (Lipinski definition) is 4. The molecule has 0 bridgehead atoms. The van der Waals surface area contributed by atoms with Crippen LogP contribution in [0.15, 0.2) is 6.33 Å². The lowest BCUT2D eigenvalue weighted by atomic mass is 10.1. The fourth-order valence-corrected chi connectivity index (χ4v) is 1.75. The maximum absolute atomic E-state index is 5.71. The molecule has 1 fully saturated rings. The standard InChI is InChI=1S/C9H17N5/c1-2-3-14-9(11-7-12-14)6-13-4-8(10)5-13/h7-8H,2-6,10H2,1H3. The molecule has 78 valence electrons. The normalized spacial score (nSPS) is 18.4. The average molecular weight is 195 g/mol. The number of likely N-dealkylation sites (tertiary alicyclic amines) is 1. The van der Waals surface area contributed by atoms with Crippen molar-refractivity contribution in [3.8, 4) is 0 Å². The molecule has 0 unspecified atom stereocenters. The van der Waals surface area contributed by atoms with Gasteiger partial charge in [-0.1, -0.05) is 6.92 Å². The van der Waals surface area contributed by atoms with Crippen LogP contribution in [0.25, 0.3) is 0 Å². The highest BCUT2D eigenvalue weighted by Crippen LogP contribution is 2.09. The minimum atomic E-state index is 0.359. The van der Waals surface area contributed by atoms with E-state index in [4.69, 9.17) is 5.73 Å². The molecule has 0 atom stereocenters. The number of nitrogens with two attached hydrogens (primary N) is 1. The Balaban J connectivity index is 1.91. The predicted molar refractivity (Wildman–Crippen MR) is 53.6 cm³/mol. The first-order valence-electron chi connectivity index (χ1n) is 5.14. The molecular weight excluding hydrogens is 178 g/mol. The highest BCUT2D eigenvalue weighted by atomic mass is 15.4. The van der Waals surface area contributed by atoms with Crippen LogP contribution in [0.5, 0.6) is 0 Å². The van der Waals surface area contributed by atoms with Crippen LogP contribution >= 0.6 is 0 Å². The van der Waals surface area contributed by atoms with Gasteiger partial charge in [0.1, 0.15) is 12.2 Å². The zero-order chi connectivity index (χ0) is 9.97. The van der Waals surface area contributed by atoms with E-state index in [1.807, 2.05) is 4.68 Å². The number of nitrogens with zero attached hydrogens (tertiary/aromatic N) is 4. The van der Waals surface area contributed by atoms with Gasteiger partial charge in [-0.15, -0.1) is 0 Å². The minimum absolute atomic E-state index is 0.359. The first kappa shape index (κ1) is 9.61. The summed E-state index contributed by atoms with van der Waals surface area (Å²) < 4.78 is 1.98. The van der Waals surface area contributed by atoms with Crippen LogP contribution in [-0.4, -0.2) is 38.8 Å². The van der Waals surface area contributed by atoms with Crippen molar-refractivity contribution in [2.24, 2.45) is 5.73 Å². The molecule has 1 aliphatic heterocycles. The molecule has 14 heavy (non-hydrogen) atoms. The van der Waals surface area contributed by atoms with Crippen LogP contribution in [0.4, 0.5) is 0 Å². The molecular formula is C9H17N5. The van der Waals surface area contributed by atoms with E-state index in [0.717, 1.165) is 38.4 Å². The maximum Gasteiger partial charge on any atom is 0.141 e. The molecule has 1 aromatic heterocycles. The second-order valence-corrected chi connectivity index (χ2v) is 3.85. The zero-order valence-electron chi connectivity index (χ0n) is 8.56. The molecule has 0 saturated carbocycles. The van der Waals surface area contributed by atoms with Crippen LogP contribution in [0, 0.1) is 0 Å². The predicted octanol–water partition coefficient (Wildman–Crippen LogP) is -0.169. The van der Waals surface area contributed by atoms with Crippen molar-refractivity contribution < 1.29 is 0 Å². The Kier molecular flexibility index (Phi) is 2.79. The summed E-state index contributed by atoms with van der Waals surface area (Å²) in [6.45, 7) is 5.95. The van der Waals surface area contributed by atoms with Gasteiger partial charge in [-0.05, 0) is 6.42 Å². The summed E-state index contributed by atoms with van der Waals surface area (Å²) in [5, 5.41) is 4.18. The maximum atomic E-state index is 5.71. The molecule has 0 aromatic carbocycles. The van der Waals surface area contributed by atoms with Gasteiger partial charge < -0.3 is 5.73 Å². The van der Waals surface area contributed by atoms with Crippen LogP contribution in [0.3, 0.4) is 0 Å². The van der Waals surface area contributed by atoms with Crippen LogP contribution in [0.1, 0.15) is 19.2 Å². The van der Waals surface area contributed by atoms with Crippen molar-refractivity contribution in [1.29, 1.82) is 0 Å². The van der Waals surface area contributed by atoms with Crippen molar-refractivity contribution in [2.45, 2.75) is 32.5 Å². The van der Waals surface area contributed by atoms with E-state index in [1.165, 1.54) is 0 Å². The van der Waals surface area contributed by atoms with E-state index < -0.39 is 0 Å². The van der Waals surface area contributed by atoms with Gasteiger partial charge in [0.25, 0.3) is 0 Å². The molecule has 0 spiro atoms. The van der Waals surface area contributed by atoms with Gasteiger partial charge in [-0.3, -0.25) is 4.90 Å². The third-order valence-electron chi connectivity index (χ3n) is 2.48. The van der Waals surface area contributed by atoms with Gasteiger partial charge in [0.2, 0.25) is 0 Å². The quantitative estimate of drug-likeness (QED) is 0.724. The van der Waals surface area contributed by atoms with Gasteiger partial charge in [-0.2, -0.15) is 5.10 Å². The second-order valence-electron chi connectivity index (χ2n) is 3.85. The summed E-state index contributed by atoms with van der Waals surface area (Å²) in [6.07, 6.45) is 2.72. The lowest BCUT2D eigenvalue weighted by Crippen LogP contribution is -2.55. The van der Waals surface area contributed by atoms with E-state index in [0.29, 0.717) is 6.04 Å². The molecule has 0 radical (unpaired) electrons. The highest BCUT2D eigenvalue weighted by molar-refractivity contribution is 4.90. The third kappa shape index (κ3) is 1.93. The Morgan fingerprint density at radius 1 is 1.57 bits per heavy atom. The van der Waals surface area contributed by atoms with E-state index in [9.17, 15) is 0 Å². The number of aromatic nitrogens is 3. The Morgan fingerprint density at radius 3 is 3.00 bits per heavy atom.